The molecule has 4 heterocycles. The second-order valence-electron chi connectivity index (χ2n) is 6.46. The zero-order valence-corrected chi connectivity index (χ0v) is 18.1. The summed E-state index contributed by atoms with van der Waals surface area (Å²) in [4.78, 5) is 20.5. The molecular weight excluding hydrogens is 486 g/mol. The Kier molecular flexibility index (Phi) is 6.09. The van der Waals surface area contributed by atoms with Gasteiger partial charge in [0.05, 0.1) is 40.3 Å². The van der Waals surface area contributed by atoms with E-state index in [0.717, 1.165) is 6.20 Å². The summed E-state index contributed by atoms with van der Waals surface area (Å²) < 4.78 is 53.4. The number of alkyl halides is 3. The number of rotatable bonds is 5. The average molecular weight is 498 g/mol. The molecule has 4 aromatic rings. The van der Waals surface area contributed by atoms with Crippen LogP contribution < -0.4 is 0 Å². The highest BCUT2D eigenvalue weighted by atomic mass is 35.5. The van der Waals surface area contributed by atoms with Crippen molar-refractivity contribution in [3.8, 4) is 28.3 Å². The van der Waals surface area contributed by atoms with Crippen LogP contribution >= 0.6 is 23.2 Å². The second-order valence-corrected chi connectivity index (χ2v) is 7.28. The molecule has 0 spiro atoms. The Morgan fingerprint density at radius 3 is 2.48 bits per heavy atom. The van der Waals surface area contributed by atoms with E-state index in [1.54, 1.807) is 6.92 Å². The molecule has 0 aliphatic heterocycles. The van der Waals surface area contributed by atoms with Gasteiger partial charge in [-0.2, -0.15) is 18.3 Å². The Labute approximate surface area is 193 Å². The monoisotopic (exact) mass is 497 g/mol. The molecule has 0 aliphatic rings. The van der Waals surface area contributed by atoms with E-state index in [1.807, 2.05) is 0 Å². The molecular formula is C20H12Cl2F3N5O3. The molecule has 33 heavy (non-hydrogen) atoms. The van der Waals surface area contributed by atoms with Crippen LogP contribution in [0.1, 0.15) is 23.0 Å². The summed E-state index contributed by atoms with van der Waals surface area (Å²) in [5.74, 6) is -1.48. The average Bonchev–Trinajstić information content (AvgIpc) is 3.39. The summed E-state index contributed by atoms with van der Waals surface area (Å²) in [5, 5.41) is 7.67. The van der Waals surface area contributed by atoms with E-state index in [0.29, 0.717) is 4.68 Å². The van der Waals surface area contributed by atoms with E-state index < -0.39 is 29.2 Å². The van der Waals surface area contributed by atoms with Crippen LogP contribution in [0.3, 0.4) is 0 Å². The predicted molar refractivity (Wildman–Crippen MR) is 111 cm³/mol. The molecule has 0 aromatic carbocycles. The molecule has 0 unspecified atom stereocenters. The van der Waals surface area contributed by atoms with Crippen LogP contribution in [0.5, 0.6) is 0 Å². The molecule has 0 amide bonds. The number of pyridine rings is 2. The van der Waals surface area contributed by atoms with Gasteiger partial charge in [-0.05, 0) is 19.1 Å². The third-order valence-electron chi connectivity index (χ3n) is 4.43. The topological polar surface area (TPSA) is 95.9 Å². The molecule has 0 saturated carbocycles. The van der Waals surface area contributed by atoms with Crippen molar-refractivity contribution in [2.75, 3.05) is 6.61 Å². The molecule has 0 bridgehead atoms. The van der Waals surface area contributed by atoms with Crippen molar-refractivity contribution in [1.29, 1.82) is 0 Å². The molecule has 0 N–H and O–H groups in total. The molecule has 0 radical (unpaired) electrons. The van der Waals surface area contributed by atoms with E-state index in [1.165, 1.54) is 36.9 Å². The molecule has 0 fully saturated rings. The summed E-state index contributed by atoms with van der Waals surface area (Å²) in [6.45, 7) is 1.49. The fraction of sp³-hybridized carbons (Fsp3) is 0.150. The number of carbonyl (C=O) groups excluding carboxylic acids is 1. The molecule has 0 saturated heterocycles. The van der Waals surface area contributed by atoms with E-state index in [-0.39, 0.29) is 39.2 Å². The Morgan fingerprint density at radius 1 is 1.15 bits per heavy atom. The van der Waals surface area contributed by atoms with Crippen molar-refractivity contribution in [3.63, 3.8) is 0 Å². The van der Waals surface area contributed by atoms with Crippen molar-refractivity contribution >= 4 is 29.2 Å². The van der Waals surface area contributed by atoms with Gasteiger partial charge in [0.15, 0.2) is 11.5 Å². The van der Waals surface area contributed by atoms with E-state index in [4.69, 9.17) is 32.5 Å². The lowest BCUT2D eigenvalue weighted by Gasteiger charge is -2.12. The first-order valence-corrected chi connectivity index (χ1v) is 10.0. The van der Waals surface area contributed by atoms with E-state index in [9.17, 15) is 18.0 Å². The van der Waals surface area contributed by atoms with Gasteiger partial charge in [-0.1, -0.05) is 28.4 Å². The van der Waals surface area contributed by atoms with Crippen molar-refractivity contribution in [2.45, 2.75) is 13.1 Å². The van der Waals surface area contributed by atoms with Crippen molar-refractivity contribution < 1.29 is 27.2 Å². The van der Waals surface area contributed by atoms with E-state index >= 15 is 0 Å². The Bertz CT molecular complexity index is 1300. The molecule has 8 nitrogen and oxygen atoms in total. The van der Waals surface area contributed by atoms with Crippen LogP contribution in [-0.4, -0.2) is 37.5 Å². The van der Waals surface area contributed by atoms with Gasteiger partial charge in [0.2, 0.25) is 0 Å². The first kappa shape index (κ1) is 22.7. The second kappa shape index (κ2) is 8.83. The summed E-state index contributed by atoms with van der Waals surface area (Å²) in [7, 11) is 0. The Balaban J connectivity index is 2.00. The number of carbonyl (C=O) groups is 1. The number of halogens is 5. The van der Waals surface area contributed by atoms with Crippen molar-refractivity contribution in [1.82, 2.24) is 24.9 Å². The van der Waals surface area contributed by atoms with Gasteiger partial charge in [-0.15, -0.1) is 0 Å². The lowest BCUT2D eigenvalue weighted by molar-refractivity contribution is -0.142. The molecule has 0 aliphatic carbocycles. The maximum absolute atomic E-state index is 14.1. The van der Waals surface area contributed by atoms with Crippen LogP contribution in [0, 0.1) is 0 Å². The van der Waals surface area contributed by atoms with Gasteiger partial charge in [-0.3, -0.25) is 9.97 Å². The number of hydrogen-bond acceptors (Lipinski definition) is 7. The lowest BCUT2D eigenvalue weighted by Crippen LogP contribution is -2.15. The van der Waals surface area contributed by atoms with Gasteiger partial charge in [-0.25, -0.2) is 9.48 Å². The standard InChI is InChI=1S/C20H12Cl2F3N5O3/c1-2-32-19(31)15-16(14-12(21)8-27-9-13(14)22)29-33-17(15)11-7-28-30(18(11)20(23,24)25)10-4-3-5-26-6-10/h3-9H,2H2,1H3. The number of esters is 1. The minimum Gasteiger partial charge on any atom is -0.462 e. The summed E-state index contributed by atoms with van der Waals surface area (Å²) >= 11 is 12.4. The molecule has 170 valence electrons. The Hall–Kier alpha value is -3.44. The highest BCUT2D eigenvalue weighted by Crippen LogP contribution is 2.43. The first-order valence-electron chi connectivity index (χ1n) is 9.26. The van der Waals surface area contributed by atoms with Crippen LogP contribution in [0.15, 0.2) is 47.6 Å². The minimum atomic E-state index is -4.88. The van der Waals surface area contributed by atoms with Gasteiger partial charge in [0, 0.05) is 24.2 Å². The van der Waals surface area contributed by atoms with Crippen LogP contribution in [0.2, 0.25) is 10.0 Å². The molecule has 4 rings (SSSR count). The van der Waals surface area contributed by atoms with Crippen LogP contribution in [0.4, 0.5) is 13.2 Å². The van der Waals surface area contributed by atoms with Gasteiger partial charge in [0.1, 0.15) is 11.3 Å². The van der Waals surface area contributed by atoms with Crippen LogP contribution in [0.25, 0.3) is 28.3 Å². The van der Waals surface area contributed by atoms with Gasteiger partial charge >= 0.3 is 12.1 Å². The molecule has 13 heteroatoms. The predicted octanol–water partition coefficient (Wildman–Crippen LogP) is 5.49. The van der Waals surface area contributed by atoms with Gasteiger partial charge < -0.3 is 9.26 Å². The van der Waals surface area contributed by atoms with Gasteiger partial charge in [0.25, 0.3) is 0 Å². The lowest BCUT2D eigenvalue weighted by atomic mass is 10.0. The first-order chi connectivity index (χ1) is 15.7. The van der Waals surface area contributed by atoms with Crippen LogP contribution in [-0.2, 0) is 10.9 Å². The maximum atomic E-state index is 14.1. The smallest absolute Gasteiger partial charge is 0.434 e. The fourth-order valence-corrected chi connectivity index (χ4v) is 3.68. The maximum Gasteiger partial charge on any atom is 0.434 e. The third kappa shape index (κ3) is 4.16. The number of ether oxygens (including phenoxy) is 1. The quantitative estimate of drug-likeness (QED) is 0.336. The summed E-state index contributed by atoms with van der Waals surface area (Å²) in [5.41, 5.74) is -2.20. The zero-order chi connectivity index (χ0) is 23.8. The number of aromatic nitrogens is 5. The molecule has 4 aromatic heterocycles. The SMILES string of the molecule is CCOC(=O)c1c(-c2c(Cl)cncc2Cl)noc1-c1cnn(-c2cccnc2)c1C(F)(F)F. The summed E-state index contributed by atoms with van der Waals surface area (Å²) in [6.07, 6.45) is 1.14. The highest BCUT2D eigenvalue weighted by Gasteiger charge is 2.42. The highest BCUT2D eigenvalue weighted by molar-refractivity contribution is 6.39. The number of hydrogen-bond donors (Lipinski definition) is 0. The fourth-order valence-electron chi connectivity index (χ4n) is 3.14. The third-order valence-corrected chi connectivity index (χ3v) is 5.01. The number of nitrogens with zero attached hydrogens (tertiary/aromatic N) is 5. The largest absolute Gasteiger partial charge is 0.462 e. The van der Waals surface area contributed by atoms with Crippen molar-refractivity contribution in [2.24, 2.45) is 0 Å². The zero-order valence-electron chi connectivity index (χ0n) is 16.6. The minimum absolute atomic E-state index is 0.00926. The van der Waals surface area contributed by atoms with Crippen molar-refractivity contribution in [3.05, 3.63) is 64.4 Å². The summed E-state index contributed by atoms with van der Waals surface area (Å²) in [6, 6.07) is 2.86. The molecule has 0 atom stereocenters. The normalized spacial score (nSPS) is 11.6. The Morgan fingerprint density at radius 2 is 1.88 bits per heavy atom. The van der Waals surface area contributed by atoms with E-state index in [2.05, 4.69) is 20.2 Å².